The number of anilines is 2. The molecule has 0 bridgehead atoms. The van der Waals surface area contributed by atoms with E-state index in [-0.39, 0.29) is 0 Å². The lowest BCUT2D eigenvalue weighted by atomic mass is 10.1. The molecule has 4 heteroatoms. The van der Waals surface area contributed by atoms with Gasteiger partial charge in [0.25, 0.3) is 0 Å². The smallest absolute Gasteiger partial charge is 0.215 e. The van der Waals surface area contributed by atoms with Gasteiger partial charge in [0.05, 0.1) is 0 Å². The van der Waals surface area contributed by atoms with Crippen LogP contribution in [-0.2, 0) is 6.54 Å². The van der Waals surface area contributed by atoms with E-state index >= 15 is 0 Å². The van der Waals surface area contributed by atoms with Crippen molar-refractivity contribution >= 4 is 33.2 Å². The number of pyridine rings is 1. The van der Waals surface area contributed by atoms with Gasteiger partial charge in [0.1, 0.15) is 6.54 Å². The number of rotatable bonds is 6. The second-order valence-corrected chi connectivity index (χ2v) is 7.16. The standard InChI is InChI=1S/C22H27N4/c1-23-12-6-7-13-26-21-15-19(24(2)3)10-8-17(21)14-18-9-11-20(25(4)5)16-22(18)26/h8-11,14-16H,6-7,12-13H2,2-5H3/q+1. The predicted octanol–water partition coefficient (Wildman–Crippen LogP) is 4.11. The van der Waals surface area contributed by atoms with Crippen molar-refractivity contribution in [3.05, 3.63) is 53.9 Å². The molecule has 0 N–H and O–H groups in total. The fourth-order valence-corrected chi connectivity index (χ4v) is 3.33. The number of benzene rings is 2. The Morgan fingerprint density at radius 1 is 0.808 bits per heavy atom. The maximum absolute atomic E-state index is 7.01. The van der Waals surface area contributed by atoms with E-state index in [1.165, 1.54) is 33.2 Å². The van der Waals surface area contributed by atoms with Crippen LogP contribution >= 0.6 is 0 Å². The van der Waals surface area contributed by atoms with E-state index in [0.717, 1.165) is 19.4 Å². The second-order valence-electron chi connectivity index (χ2n) is 7.16. The Bertz CT molecular complexity index is 901. The molecule has 134 valence electrons. The number of hydrogen-bond acceptors (Lipinski definition) is 2. The minimum atomic E-state index is 0.606. The van der Waals surface area contributed by atoms with Gasteiger partial charge in [-0.1, -0.05) is 0 Å². The van der Waals surface area contributed by atoms with Crippen molar-refractivity contribution in [3.8, 4) is 0 Å². The Balaban J connectivity index is 2.21. The van der Waals surface area contributed by atoms with Crippen LogP contribution in [0.5, 0.6) is 0 Å². The average molecular weight is 347 g/mol. The Morgan fingerprint density at radius 3 is 1.81 bits per heavy atom. The minimum absolute atomic E-state index is 0.606. The number of aryl methyl sites for hydroxylation is 1. The molecular weight excluding hydrogens is 320 g/mol. The van der Waals surface area contributed by atoms with Crippen LogP contribution in [0.15, 0.2) is 42.5 Å². The summed E-state index contributed by atoms with van der Waals surface area (Å²) in [6, 6.07) is 15.6. The molecule has 0 atom stereocenters. The molecule has 0 spiro atoms. The van der Waals surface area contributed by atoms with Gasteiger partial charge in [0, 0.05) is 75.3 Å². The molecule has 1 heterocycles. The first-order valence-electron chi connectivity index (χ1n) is 9.09. The van der Waals surface area contributed by atoms with Crippen molar-refractivity contribution in [1.29, 1.82) is 0 Å². The quantitative estimate of drug-likeness (QED) is 0.288. The molecule has 3 rings (SSSR count). The second kappa shape index (κ2) is 7.61. The van der Waals surface area contributed by atoms with Crippen LogP contribution in [0.2, 0.25) is 0 Å². The zero-order chi connectivity index (χ0) is 18.7. The lowest BCUT2D eigenvalue weighted by Crippen LogP contribution is -2.36. The first kappa shape index (κ1) is 18.0. The van der Waals surface area contributed by atoms with E-state index in [1.807, 2.05) is 0 Å². The monoisotopic (exact) mass is 347 g/mol. The van der Waals surface area contributed by atoms with Crippen LogP contribution in [-0.4, -0.2) is 34.7 Å². The lowest BCUT2D eigenvalue weighted by Gasteiger charge is -2.15. The zero-order valence-electron chi connectivity index (χ0n) is 16.2. The molecule has 0 unspecified atom stereocenters. The van der Waals surface area contributed by atoms with Crippen LogP contribution in [0.3, 0.4) is 0 Å². The number of hydrogen-bond donors (Lipinski definition) is 0. The Morgan fingerprint density at radius 2 is 1.35 bits per heavy atom. The minimum Gasteiger partial charge on any atom is -0.377 e. The van der Waals surface area contributed by atoms with Crippen molar-refractivity contribution in [2.45, 2.75) is 19.4 Å². The topological polar surface area (TPSA) is 14.7 Å². The Hall–Kier alpha value is -2.80. The van der Waals surface area contributed by atoms with Crippen molar-refractivity contribution in [2.24, 2.45) is 0 Å². The first-order chi connectivity index (χ1) is 12.5. The predicted molar refractivity (Wildman–Crippen MR) is 111 cm³/mol. The molecule has 0 aliphatic carbocycles. The summed E-state index contributed by atoms with van der Waals surface area (Å²) in [7, 11) is 8.30. The molecule has 0 aliphatic rings. The summed E-state index contributed by atoms with van der Waals surface area (Å²) >= 11 is 0. The number of nitrogens with zero attached hydrogens (tertiary/aromatic N) is 4. The van der Waals surface area contributed by atoms with Gasteiger partial charge >= 0.3 is 0 Å². The van der Waals surface area contributed by atoms with Gasteiger partial charge in [0.15, 0.2) is 0 Å². The highest BCUT2D eigenvalue weighted by atomic mass is 15.1. The summed E-state index contributed by atoms with van der Waals surface area (Å²) in [6.45, 7) is 8.54. The van der Waals surface area contributed by atoms with Crippen molar-refractivity contribution < 1.29 is 4.57 Å². The van der Waals surface area contributed by atoms with Gasteiger partial charge in [-0.2, -0.15) is 4.57 Å². The van der Waals surface area contributed by atoms with E-state index in [1.54, 1.807) is 0 Å². The van der Waals surface area contributed by atoms with Crippen molar-refractivity contribution in [3.63, 3.8) is 0 Å². The number of aromatic nitrogens is 1. The molecule has 0 saturated carbocycles. The highest BCUT2D eigenvalue weighted by Gasteiger charge is 2.17. The molecule has 3 aromatic rings. The molecule has 4 nitrogen and oxygen atoms in total. The molecule has 0 amide bonds. The molecule has 0 radical (unpaired) electrons. The van der Waals surface area contributed by atoms with Gasteiger partial charge in [-0.25, -0.2) is 6.57 Å². The SMILES string of the molecule is [C-]#[N+]CCCC[n+]1c2cc(N(C)C)ccc2cc2ccc(N(C)C)cc21. The van der Waals surface area contributed by atoms with E-state index < -0.39 is 0 Å². The largest absolute Gasteiger partial charge is 0.377 e. The summed E-state index contributed by atoms with van der Waals surface area (Å²) < 4.78 is 2.43. The average Bonchev–Trinajstić information content (AvgIpc) is 2.63. The van der Waals surface area contributed by atoms with Crippen LogP contribution in [0.1, 0.15) is 12.8 Å². The van der Waals surface area contributed by atoms with Crippen LogP contribution in [0.4, 0.5) is 11.4 Å². The molecule has 26 heavy (non-hydrogen) atoms. The summed E-state index contributed by atoms with van der Waals surface area (Å²) in [6.07, 6.45) is 1.95. The third-order valence-corrected chi connectivity index (χ3v) is 4.86. The van der Waals surface area contributed by atoms with Crippen molar-refractivity contribution in [1.82, 2.24) is 0 Å². The molecule has 0 aliphatic heterocycles. The normalized spacial score (nSPS) is 10.9. The summed E-state index contributed by atoms with van der Waals surface area (Å²) in [5, 5.41) is 2.51. The van der Waals surface area contributed by atoms with E-state index in [0.29, 0.717) is 6.54 Å². The molecular formula is C22H27N4+. The Labute approximate surface area is 156 Å². The highest BCUT2D eigenvalue weighted by molar-refractivity contribution is 5.91. The van der Waals surface area contributed by atoms with Crippen LogP contribution < -0.4 is 14.4 Å². The maximum Gasteiger partial charge on any atom is 0.215 e. The van der Waals surface area contributed by atoms with Gasteiger partial charge in [-0.3, -0.25) is 0 Å². The molecule has 2 aromatic carbocycles. The molecule has 0 saturated heterocycles. The third kappa shape index (κ3) is 3.57. The maximum atomic E-state index is 7.01. The zero-order valence-corrected chi connectivity index (χ0v) is 16.2. The summed E-state index contributed by atoms with van der Waals surface area (Å²) in [5.74, 6) is 0. The van der Waals surface area contributed by atoms with E-state index in [2.05, 4.69) is 89.9 Å². The van der Waals surface area contributed by atoms with Gasteiger partial charge in [-0.15, -0.1) is 0 Å². The number of fused-ring (bicyclic) bond motifs is 2. The summed E-state index contributed by atoms with van der Waals surface area (Å²) in [4.78, 5) is 7.78. The first-order valence-corrected chi connectivity index (χ1v) is 9.09. The lowest BCUT2D eigenvalue weighted by molar-refractivity contribution is -0.645. The highest BCUT2D eigenvalue weighted by Crippen LogP contribution is 2.25. The summed E-state index contributed by atoms with van der Waals surface area (Å²) in [5.41, 5.74) is 4.91. The van der Waals surface area contributed by atoms with Gasteiger partial charge < -0.3 is 14.6 Å². The van der Waals surface area contributed by atoms with Crippen LogP contribution in [0, 0.1) is 6.57 Å². The van der Waals surface area contributed by atoms with Gasteiger partial charge in [-0.05, 0) is 30.3 Å². The fraction of sp³-hybridized carbons (Fsp3) is 0.364. The van der Waals surface area contributed by atoms with E-state index in [4.69, 9.17) is 6.57 Å². The third-order valence-electron chi connectivity index (χ3n) is 4.86. The Kier molecular flexibility index (Phi) is 5.27. The van der Waals surface area contributed by atoms with Gasteiger partial charge in [0.2, 0.25) is 17.6 Å². The fourth-order valence-electron chi connectivity index (χ4n) is 3.33. The van der Waals surface area contributed by atoms with Crippen LogP contribution in [0.25, 0.3) is 26.7 Å². The van der Waals surface area contributed by atoms with Crippen molar-refractivity contribution in [2.75, 3.05) is 44.5 Å². The van der Waals surface area contributed by atoms with E-state index in [9.17, 15) is 0 Å². The molecule has 0 fully saturated rings. The molecule has 1 aromatic heterocycles. The number of unbranched alkanes of at least 4 members (excludes halogenated alkanes) is 1.